The number of hydrogen-bond donors (Lipinski definition) is 2. The third kappa shape index (κ3) is 7.41. The van der Waals surface area contributed by atoms with Crippen LogP contribution < -0.4 is 15.4 Å². The van der Waals surface area contributed by atoms with Crippen molar-refractivity contribution in [2.45, 2.75) is 6.92 Å². The van der Waals surface area contributed by atoms with Crippen LogP contribution in [-0.4, -0.2) is 43.3 Å². The van der Waals surface area contributed by atoms with Gasteiger partial charge in [0.25, 0.3) is 5.91 Å². The Morgan fingerprint density at radius 1 is 1.00 bits per heavy atom. The van der Waals surface area contributed by atoms with Gasteiger partial charge in [-0.15, -0.1) is 0 Å². The Balaban J connectivity index is 1.73. The monoisotopic (exact) mass is 402 g/mol. The average molecular weight is 402 g/mol. The Hall–Kier alpha value is -3.75. The third-order valence-electron chi connectivity index (χ3n) is 3.50. The molecule has 2 aromatic carbocycles. The summed E-state index contributed by atoms with van der Waals surface area (Å²) in [6.07, 6.45) is 0. The second-order valence-electron chi connectivity index (χ2n) is 5.84. The summed E-state index contributed by atoms with van der Waals surface area (Å²) in [7, 11) is 0. The summed E-state index contributed by atoms with van der Waals surface area (Å²) in [5.41, 5.74) is -0.0869. The van der Waals surface area contributed by atoms with Gasteiger partial charge in [0.1, 0.15) is 18.1 Å². The van der Waals surface area contributed by atoms with Gasteiger partial charge < -0.3 is 20.1 Å². The van der Waals surface area contributed by atoms with Crippen molar-refractivity contribution in [1.82, 2.24) is 5.32 Å². The number of para-hydroxylation sites is 1. The van der Waals surface area contributed by atoms with Crippen molar-refractivity contribution >= 4 is 29.3 Å². The van der Waals surface area contributed by atoms with Gasteiger partial charge in [-0.1, -0.05) is 18.2 Å². The van der Waals surface area contributed by atoms with E-state index in [1.54, 1.807) is 30.3 Å². The molecular formula is C20H19FN2O6. The lowest BCUT2D eigenvalue weighted by Gasteiger charge is -2.08. The van der Waals surface area contributed by atoms with E-state index in [1.165, 1.54) is 19.1 Å². The molecule has 0 saturated heterocycles. The van der Waals surface area contributed by atoms with E-state index in [2.05, 4.69) is 10.6 Å². The number of anilines is 1. The van der Waals surface area contributed by atoms with Gasteiger partial charge in [-0.25, -0.2) is 4.39 Å². The smallest absolute Gasteiger partial charge is 0.325 e. The number of carbonyl (C=O) groups is 4. The molecule has 0 radical (unpaired) electrons. The lowest BCUT2D eigenvalue weighted by atomic mass is 10.1. The van der Waals surface area contributed by atoms with E-state index in [0.717, 1.165) is 6.07 Å². The van der Waals surface area contributed by atoms with E-state index in [0.29, 0.717) is 5.75 Å². The number of ketones is 1. The molecule has 29 heavy (non-hydrogen) atoms. The van der Waals surface area contributed by atoms with Crippen LogP contribution in [0.5, 0.6) is 5.75 Å². The minimum Gasteiger partial charge on any atom is -0.484 e. The third-order valence-corrected chi connectivity index (χ3v) is 3.50. The molecule has 0 aromatic heterocycles. The number of ether oxygens (including phenoxy) is 2. The second kappa shape index (κ2) is 10.5. The van der Waals surface area contributed by atoms with E-state index in [4.69, 9.17) is 9.47 Å². The average Bonchev–Trinajstić information content (AvgIpc) is 2.69. The molecule has 0 spiro atoms. The predicted octanol–water partition coefficient (Wildman–Crippen LogP) is 1.71. The van der Waals surface area contributed by atoms with Crippen LogP contribution in [0.1, 0.15) is 17.3 Å². The van der Waals surface area contributed by atoms with Crippen LogP contribution in [0.4, 0.5) is 10.1 Å². The van der Waals surface area contributed by atoms with Crippen LogP contribution in [0.25, 0.3) is 0 Å². The first-order chi connectivity index (χ1) is 13.8. The number of hydrogen-bond acceptors (Lipinski definition) is 6. The summed E-state index contributed by atoms with van der Waals surface area (Å²) in [6.45, 7) is -0.176. The predicted molar refractivity (Wildman–Crippen MR) is 101 cm³/mol. The highest BCUT2D eigenvalue weighted by Gasteiger charge is 2.15. The lowest BCUT2D eigenvalue weighted by Crippen LogP contribution is -2.34. The Morgan fingerprint density at radius 3 is 2.38 bits per heavy atom. The highest BCUT2D eigenvalue weighted by molar-refractivity contribution is 5.99. The summed E-state index contributed by atoms with van der Waals surface area (Å²) in [5.74, 6) is -2.90. The first kappa shape index (κ1) is 21.5. The van der Waals surface area contributed by atoms with E-state index >= 15 is 0 Å². The fraction of sp³-hybridized carbons (Fsp3) is 0.200. The highest BCUT2D eigenvalue weighted by Crippen LogP contribution is 2.15. The summed E-state index contributed by atoms with van der Waals surface area (Å²) in [5, 5.41) is 4.67. The van der Waals surface area contributed by atoms with Gasteiger partial charge in [0.05, 0.1) is 5.56 Å². The number of carbonyl (C=O) groups excluding carboxylic acids is 4. The van der Waals surface area contributed by atoms with E-state index in [9.17, 15) is 23.6 Å². The minimum atomic E-state index is -0.860. The molecule has 0 aliphatic carbocycles. The minimum absolute atomic E-state index is 0.198. The number of nitrogens with one attached hydrogen (secondary N) is 2. The molecule has 2 rings (SSSR count). The van der Waals surface area contributed by atoms with Crippen LogP contribution in [0.15, 0.2) is 48.5 Å². The zero-order valence-corrected chi connectivity index (χ0v) is 15.6. The van der Waals surface area contributed by atoms with Gasteiger partial charge in [-0.2, -0.15) is 0 Å². The van der Waals surface area contributed by atoms with Gasteiger partial charge in [0.15, 0.2) is 13.2 Å². The number of esters is 1. The van der Waals surface area contributed by atoms with Gasteiger partial charge in [-0.05, 0) is 30.3 Å². The van der Waals surface area contributed by atoms with E-state index in [-0.39, 0.29) is 23.8 Å². The quantitative estimate of drug-likeness (QED) is 0.488. The number of halogens is 1. The van der Waals surface area contributed by atoms with Crippen molar-refractivity contribution in [3.63, 3.8) is 0 Å². The molecule has 0 saturated carbocycles. The summed E-state index contributed by atoms with van der Waals surface area (Å²) < 4.78 is 23.9. The zero-order chi connectivity index (χ0) is 21.2. The molecule has 0 atom stereocenters. The molecule has 0 aliphatic heterocycles. The number of amides is 2. The summed E-state index contributed by atoms with van der Waals surface area (Å²) in [4.78, 5) is 46.2. The maximum Gasteiger partial charge on any atom is 0.325 e. The van der Waals surface area contributed by atoms with E-state index in [1.807, 2.05) is 0 Å². The topological polar surface area (TPSA) is 111 Å². The van der Waals surface area contributed by atoms with Gasteiger partial charge >= 0.3 is 5.97 Å². The van der Waals surface area contributed by atoms with Crippen LogP contribution in [-0.2, 0) is 19.1 Å². The van der Waals surface area contributed by atoms with Gasteiger partial charge in [0.2, 0.25) is 11.7 Å². The highest BCUT2D eigenvalue weighted by atomic mass is 19.1. The number of benzene rings is 2. The van der Waals surface area contributed by atoms with Crippen molar-refractivity contribution in [3.8, 4) is 5.75 Å². The second-order valence-corrected chi connectivity index (χ2v) is 5.84. The largest absolute Gasteiger partial charge is 0.484 e. The molecular weight excluding hydrogens is 383 g/mol. The van der Waals surface area contributed by atoms with Crippen LogP contribution >= 0.6 is 0 Å². The Labute approximate surface area is 166 Å². The van der Waals surface area contributed by atoms with Crippen molar-refractivity contribution in [2.24, 2.45) is 0 Å². The maximum atomic E-state index is 14.0. The van der Waals surface area contributed by atoms with Crippen molar-refractivity contribution < 1.29 is 33.0 Å². The lowest BCUT2D eigenvalue weighted by molar-refractivity contribution is -0.143. The Kier molecular flexibility index (Phi) is 7.84. The molecule has 0 fully saturated rings. The zero-order valence-electron chi connectivity index (χ0n) is 15.6. The molecule has 8 nitrogen and oxygen atoms in total. The molecule has 2 N–H and O–H groups in total. The fourth-order valence-corrected chi connectivity index (χ4v) is 2.18. The van der Waals surface area contributed by atoms with Gasteiger partial charge in [0, 0.05) is 12.6 Å². The molecule has 0 bridgehead atoms. The fourth-order valence-electron chi connectivity index (χ4n) is 2.18. The molecule has 0 unspecified atom stereocenters. The van der Waals surface area contributed by atoms with Crippen LogP contribution in [0.2, 0.25) is 0 Å². The standard InChI is InChI=1S/C20H19FN2O6/c1-13(24)23-14-7-8-16(17(21)9-14)18(25)11-29-20(27)10-22-19(26)12-28-15-5-3-2-4-6-15/h2-9H,10-12H2,1H3,(H,22,26)(H,23,24). The molecule has 0 aliphatic rings. The Morgan fingerprint density at radius 2 is 1.72 bits per heavy atom. The van der Waals surface area contributed by atoms with Gasteiger partial charge in [-0.3, -0.25) is 19.2 Å². The van der Waals surface area contributed by atoms with Crippen LogP contribution in [0.3, 0.4) is 0 Å². The SMILES string of the molecule is CC(=O)Nc1ccc(C(=O)COC(=O)CNC(=O)COc2ccccc2)c(F)c1. The number of rotatable bonds is 9. The molecule has 0 heterocycles. The number of Topliss-reactive ketones (excluding diaryl/α,β-unsaturated/α-hetero) is 1. The molecule has 9 heteroatoms. The summed E-state index contributed by atoms with van der Waals surface area (Å²) in [6, 6.07) is 12.2. The molecule has 2 amide bonds. The van der Waals surface area contributed by atoms with Crippen molar-refractivity contribution in [1.29, 1.82) is 0 Å². The van der Waals surface area contributed by atoms with Crippen LogP contribution in [0, 0.1) is 5.82 Å². The van der Waals surface area contributed by atoms with E-state index < -0.39 is 36.6 Å². The first-order valence-electron chi connectivity index (χ1n) is 8.55. The van der Waals surface area contributed by atoms with Crippen molar-refractivity contribution in [2.75, 3.05) is 25.1 Å². The summed E-state index contributed by atoms with van der Waals surface area (Å²) >= 11 is 0. The maximum absolute atomic E-state index is 14.0. The molecule has 152 valence electrons. The van der Waals surface area contributed by atoms with Crippen molar-refractivity contribution in [3.05, 3.63) is 59.9 Å². The first-order valence-corrected chi connectivity index (χ1v) is 8.55. The Bertz CT molecular complexity index is 901. The normalized spacial score (nSPS) is 10.0. The molecule has 2 aromatic rings.